The predicted octanol–water partition coefficient (Wildman–Crippen LogP) is 2.84. The maximum absolute atomic E-state index is 12.8. The van der Waals surface area contributed by atoms with Crippen molar-refractivity contribution in [2.45, 2.75) is 19.5 Å². The number of hydrogen-bond acceptors (Lipinski definition) is 3. The number of carbonyl (C=O) groups is 1. The van der Waals surface area contributed by atoms with E-state index < -0.39 is 11.7 Å². The molecule has 0 saturated carbocycles. The van der Waals surface area contributed by atoms with Gasteiger partial charge in [-0.05, 0) is 42.7 Å². The highest BCUT2D eigenvalue weighted by atomic mass is 19.4. The van der Waals surface area contributed by atoms with Crippen molar-refractivity contribution < 1.29 is 18.0 Å². The Balaban J connectivity index is 1.95. The minimum absolute atomic E-state index is 0.0304. The summed E-state index contributed by atoms with van der Waals surface area (Å²) in [5.74, 6) is -0.198. The number of H-pyrrole nitrogens is 1. The Bertz CT molecular complexity index is 859. The fourth-order valence-corrected chi connectivity index (χ4v) is 3.16. The quantitative estimate of drug-likeness (QED) is 0.879. The highest BCUT2D eigenvalue weighted by Gasteiger charge is 2.31. The van der Waals surface area contributed by atoms with Gasteiger partial charge in [0.25, 0.3) is 5.56 Å². The van der Waals surface area contributed by atoms with Gasteiger partial charge in [0.15, 0.2) is 0 Å². The summed E-state index contributed by atoms with van der Waals surface area (Å²) in [6.07, 6.45) is -2.39. The average molecular weight is 365 g/mol. The summed E-state index contributed by atoms with van der Waals surface area (Å²) in [5.41, 5.74) is 0.852. The third kappa shape index (κ3) is 3.74. The van der Waals surface area contributed by atoms with Crippen molar-refractivity contribution in [3.8, 4) is 0 Å². The Morgan fingerprint density at radius 1 is 1.27 bits per heavy atom. The molecule has 0 fully saturated rings. The van der Waals surface area contributed by atoms with Crippen LogP contribution in [0.1, 0.15) is 18.1 Å². The van der Waals surface area contributed by atoms with E-state index in [1.54, 1.807) is 6.07 Å². The highest BCUT2D eigenvalue weighted by Crippen LogP contribution is 2.35. The van der Waals surface area contributed by atoms with E-state index in [4.69, 9.17) is 0 Å². The van der Waals surface area contributed by atoms with Gasteiger partial charge in [-0.15, -0.1) is 0 Å². The summed E-state index contributed by atoms with van der Waals surface area (Å²) in [6, 6.07) is 6.59. The van der Waals surface area contributed by atoms with Crippen molar-refractivity contribution in [3.63, 3.8) is 0 Å². The molecule has 138 valence electrons. The molecular weight excluding hydrogens is 347 g/mol. The van der Waals surface area contributed by atoms with Gasteiger partial charge in [-0.3, -0.25) is 9.59 Å². The second kappa shape index (κ2) is 6.86. The fourth-order valence-electron chi connectivity index (χ4n) is 3.16. The van der Waals surface area contributed by atoms with Crippen LogP contribution in [0, 0.1) is 5.92 Å². The number of fused-ring (bicyclic) bond motifs is 1. The van der Waals surface area contributed by atoms with Gasteiger partial charge in [0, 0.05) is 37.5 Å². The van der Waals surface area contributed by atoms with Gasteiger partial charge in [0.2, 0.25) is 5.91 Å². The zero-order chi connectivity index (χ0) is 18.9. The summed E-state index contributed by atoms with van der Waals surface area (Å²) in [7, 11) is 0. The van der Waals surface area contributed by atoms with Crippen molar-refractivity contribution in [2.24, 2.45) is 5.92 Å². The number of halogens is 3. The molecule has 8 heteroatoms. The van der Waals surface area contributed by atoms with Crippen LogP contribution in [0.3, 0.4) is 0 Å². The van der Waals surface area contributed by atoms with E-state index in [1.165, 1.54) is 25.3 Å². The third-order valence-corrected chi connectivity index (χ3v) is 4.41. The number of amides is 1. The molecule has 0 spiro atoms. The van der Waals surface area contributed by atoms with Gasteiger partial charge in [0.05, 0.1) is 11.3 Å². The standard InChI is InChI=1S/C18H18F3N3O2/c1-11(25)23-9-12-8-15-16(6-7-22-17(15)26)24(10-12)14-4-2-13(3-5-14)18(19,20)21/h2-7,12H,8-10H2,1H3,(H,22,26)(H,23,25). The molecule has 1 aromatic heterocycles. The second-order valence-corrected chi connectivity index (χ2v) is 6.33. The van der Waals surface area contributed by atoms with E-state index in [0.29, 0.717) is 36.4 Å². The first-order valence-corrected chi connectivity index (χ1v) is 8.15. The summed E-state index contributed by atoms with van der Waals surface area (Å²) in [6.45, 7) is 2.29. The molecule has 1 aliphatic heterocycles. The lowest BCUT2D eigenvalue weighted by atomic mass is 9.92. The van der Waals surface area contributed by atoms with Crippen LogP contribution in [0.25, 0.3) is 0 Å². The van der Waals surface area contributed by atoms with Crippen molar-refractivity contribution in [1.29, 1.82) is 0 Å². The average Bonchev–Trinajstić information content (AvgIpc) is 2.59. The van der Waals surface area contributed by atoms with Crippen molar-refractivity contribution in [2.75, 3.05) is 18.0 Å². The van der Waals surface area contributed by atoms with Crippen molar-refractivity contribution in [3.05, 3.63) is 58.0 Å². The molecule has 1 aliphatic rings. The van der Waals surface area contributed by atoms with Crippen molar-refractivity contribution in [1.82, 2.24) is 10.3 Å². The number of aromatic amines is 1. The highest BCUT2D eigenvalue weighted by molar-refractivity contribution is 5.73. The first-order valence-electron chi connectivity index (χ1n) is 8.15. The van der Waals surface area contributed by atoms with Crippen LogP contribution < -0.4 is 15.8 Å². The summed E-state index contributed by atoms with van der Waals surface area (Å²) < 4.78 is 38.4. The Kier molecular flexibility index (Phi) is 4.76. The number of pyridine rings is 1. The molecule has 0 saturated heterocycles. The summed E-state index contributed by atoms with van der Waals surface area (Å²) in [5, 5.41) is 2.74. The first-order chi connectivity index (χ1) is 12.3. The van der Waals surface area contributed by atoms with Crippen LogP contribution in [0.4, 0.5) is 24.5 Å². The topological polar surface area (TPSA) is 65.2 Å². The van der Waals surface area contributed by atoms with E-state index in [9.17, 15) is 22.8 Å². The Morgan fingerprint density at radius 2 is 1.96 bits per heavy atom. The van der Waals surface area contributed by atoms with E-state index in [-0.39, 0.29) is 17.4 Å². The summed E-state index contributed by atoms with van der Waals surface area (Å²) >= 11 is 0. The monoisotopic (exact) mass is 365 g/mol. The van der Waals surface area contributed by atoms with E-state index in [0.717, 1.165) is 12.1 Å². The number of aromatic nitrogens is 1. The summed E-state index contributed by atoms with van der Waals surface area (Å²) in [4.78, 5) is 27.8. The van der Waals surface area contributed by atoms with E-state index in [2.05, 4.69) is 10.3 Å². The first kappa shape index (κ1) is 18.0. The molecule has 1 aromatic carbocycles. The van der Waals surface area contributed by atoms with Gasteiger partial charge in [-0.2, -0.15) is 13.2 Å². The molecule has 2 aromatic rings. The molecule has 1 atom stereocenters. The van der Waals surface area contributed by atoms with Gasteiger partial charge in [-0.1, -0.05) is 0 Å². The van der Waals surface area contributed by atoms with Gasteiger partial charge >= 0.3 is 6.18 Å². The number of alkyl halides is 3. The van der Waals surface area contributed by atoms with Crippen LogP contribution >= 0.6 is 0 Å². The maximum atomic E-state index is 12.8. The molecule has 0 aliphatic carbocycles. The van der Waals surface area contributed by atoms with Gasteiger partial charge in [-0.25, -0.2) is 0 Å². The van der Waals surface area contributed by atoms with Crippen LogP contribution in [0.5, 0.6) is 0 Å². The molecular formula is C18H18F3N3O2. The molecule has 2 N–H and O–H groups in total. The largest absolute Gasteiger partial charge is 0.416 e. The normalized spacial score (nSPS) is 16.9. The molecule has 0 bridgehead atoms. The van der Waals surface area contributed by atoms with E-state index in [1.807, 2.05) is 4.90 Å². The van der Waals surface area contributed by atoms with Crippen LogP contribution in [-0.4, -0.2) is 24.0 Å². The number of benzene rings is 1. The molecule has 1 unspecified atom stereocenters. The third-order valence-electron chi connectivity index (χ3n) is 4.41. The molecule has 1 amide bonds. The van der Waals surface area contributed by atoms with Crippen LogP contribution in [-0.2, 0) is 17.4 Å². The number of carbonyl (C=O) groups excluding carboxylic acids is 1. The SMILES string of the molecule is CC(=O)NCC1Cc2c(cc[nH]c2=O)N(c2ccc(C(F)(F)F)cc2)C1. The van der Waals surface area contributed by atoms with E-state index >= 15 is 0 Å². The Morgan fingerprint density at radius 3 is 2.58 bits per heavy atom. The number of rotatable bonds is 3. The zero-order valence-corrected chi connectivity index (χ0v) is 14.1. The Hall–Kier alpha value is -2.77. The minimum atomic E-state index is -4.40. The van der Waals surface area contributed by atoms with Gasteiger partial charge < -0.3 is 15.2 Å². The molecule has 26 heavy (non-hydrogen) atoms. The number of hydrogen-bond donors (Lipinski definition) is 2. The predicted molar refractivity (Wildman–Crippen MR) is 91.4 cm³/mol. The van der Waals surface area contributed by atoms with Crippen LogP contribution in [0.2, 0.25) is 0 Å². The number of nitrogens with one attached hydrogen (secondary N) is 2. The lowest BCUT2D eigenvalue weighted by molar-refractivity contribution is -0.137. The second-order valence-electron chi connectivity index (χ2n) is 6.33. The number of nitrogens with zero attached hydrogens (tertiary/aromatic N) is 1. The molecule has 0 radical (unpaired) electrons. The molecule has 3 rings (SSSR count). The lowest BCUT2D eigenvalue weighted by Crippen LogP contribution is -2.40. The van der Waals surface area contributed by atoms with Crippen molar-refractivity contribution >= 4 is 17.3 Å². The molecule has 2 heterocycles. The fraction of sp³-hybridized carbons (Fsp3) is 0.333. The maximum Gasteiger partial charge on any atom is 0.416 e. The molecule has 5 nitrogen and oxygen atoms in total. The smallest absolute Gasteiger partial charge is 0.356 e. The zero-order valence-electron chi connectivity index (χ0n) is 14.1. The number of anilines is 2. The van der Waals surface area contributed by atoms with Crippen LogP contribution in [0.15, 0.2) is 41.3 Å². The lowest BCUT2D eigenvalue weighted by Gasteiger charge is -2.35. The van der Waals surface area contributed by atoms with Gasteiger partial charge in [0.1, 0.15) is 0 Å². The minimum Gasteiger partial charge on any atom is -0.356 e. The Labute approximate surface area is 147 Å².